The lowest BCUT2D eigenvalue weighted by atomic mass is 9.95. The van der Waals surface area contributed by atoms with E-state index in [1.165, 1.54) is 0 Å². The highest BCUT2D eigenvalue weighted by Crippen LogP contribution is 2.12. The first-order valence-electron chi connectivity index (χ1n) is 4.69. The number of carbonyl (C=O) groups is 1. The van der Waals surface area contributed by atoms with E-state index in [0.29, 0.717) is 5.76 Å². The Morgan fingerprint density at radius 2 is 2.29 bits per heavy atom. The molecule has 4 heteroatoms. The Balaban J connectivity index is 2.02. The molecule has 76 valence electrons. The van der Waals surface area contributed by atoms with E-state index >= 15 is 0 Å². The molecule has 0 spiro atoms. The SMILES string of the molecule is Cc1ccc(C(=O)NC2(C)CNC2)o1. The normalized spacial score (nSPS) is 18.7. The van der Waals surface area contributed by atoms with Crippen molar-refractivity contribution in [2.45, 2.75) is 19.4 Å². The molecule has 1 aliphatic heterocycles. The van der Waals surface area contributed by atoms with Crippen LogP contribution in [0.1, 0.15) is 23.2 Å². The lowest BCUT2D eigenvalue weighted by Crippen LogP contribution is -2.67. The molecule has 1 aliphatic rings. The summed E-state index contributed by atoms with van der Waals surface area (Å²) in [5.41, 5.74) is -0.113. The fourth-order valence-corrected chi connectivity index (χ4v) is 1.48. The molecule has 14 heavy (non-hydrogen) atoms. The highest BCUT2D eigenvalue weighted by molar-refractivity contribution is 5.92. The van der Waals surface area contributed by atoms with Crippen LogP contribution in [0.25, 0.3) is 0 Å². The summed E-state index contributed by atoms with van der Waals surface area (Å²) in [5.74, 6) is 1.00. The van der Waals surface area contributed by atoms with Gasteiger partial charge in [-0.05, 0) is 26.0 Å². The molecule has 0 radical (unpaired) electrons. The summed E-state index contributed by atoms with van der Waals surface area (Å²) in [5, 5.41) is 6.05. The van der Waals surface area contributed by atoms with Crippen LogP contribution in [0.3, 0.4) is 0 Å². The fourth-order valence-electron chi connectivity index (χ4n) is 1.48. The molecule has 0 atom stereocenters. The zero-order chi connectivity index (χ0) is 10.2. The van der Waals surface area contributed by atoms with Crippen LogP contribution in [0, 0.1) is 6.92 Å². The first-order chi connectivity index (χ1) is 6.59. The quantitative estimate of drug-likeness (QED) is 0.728. The zero-order valence-corrected chi connectivity index (χ0v) is 8.39. The van der Waals surface area contributed by atoms with Crippen LogP contribution in [0.5, 0.6) is 0 Å². The molecule has 1 aromatic heterocycles. The lowest BCUT2D eigenvalue weighted by Gasteiger charge is -2.39. The highest BCUT2D eigenvalue weighted by atomic mass is 16.3. The summed E-state index contributed by atoms with van der Waals surface area (Å²) in [6, 6.07) is 3.48. The van der Waals surface area contributed by atoms with Gasteiger partial charge in [-0.25, -0.2) is 0 Å². The number of aryl methyl sites for hydroxylation is 1. The van der Waals surface area contributed by atoms with Crippen molar-refractivity contribution < 1.29 is 9.21 Å². The Hall–Kier alpha value is -1.29. The van der Waals surface area contributed by atoms with E-state index in [1.54, 1.807) is 12.1 Å². The average molecular weight is 194 g/mol. The highest BCUT2D eigenvalue weighted by Gasteiger charge is 2.33. The van der Waals surface area contributed by atoms with Gasteiger partial charge in [0.2, 0.25) is 0 Å². The van der Waals surface area contributed by atoms with Crippen LogP contribution < -0.4 is 10.6 Å². The van der Waals surface area contributed by atoms with Crippen LogP contribution in [0.2, 0.25) is 0 Å². The van der Waals surface area contributed by atoms with Crippen molar-refractivity contribution in [1.29, 1.82) is 0 Å². The maximum absolute atomic E-state index is 11.6. The van der Waals surface area contributed by atoms with Gasteiger partial charge in [0.1, 0.15) is 5.76 Å². The average Bonchev–Trinajstić information content (AvgIpc) is 2.49. The second-order valence-electron chi connectivity index (χ2n) is 4.03. The molecule has 0 bridgehead atoms. The van der Waals surface area contributed by atoms with E-state index in [9.17, 15) is 4.79 Å². The molecule has 2 N–H and O–H groups in total. The summed E-state index contributed by atoms with van der Waals surface area (Å²) >= 11 is 0. The number of furan rings is 1. The van der Waals surface area contributed by atoms with E-state index in [0.717, 1.165) is 18.8 Å². The molecule has 1 fully saturated rings. The Morgan fingerprint density at radius 1 is 1.57 bits per heavy atom. The molecule has 1 amide bonds. The number of rotatable bonds is 2. The summed E-state index contributed by atoms with van der Waals surface area (Å²) in [6.45, 7) is 5.47. The van der Waals surface area contributed by atoms with E-state index in [1.807, 2.05) is 13.8 Å². The van der Waals surface area contributed by atoms with Crippen molar-refractivity contribution >= 4 is 5.91 Å². The summed E-state index contributed by atoms with van der Waals surface area (Å²) in [6.07, 6.45) is 0. The van der Waals surface area contributed by atoms with Crippen molar-refractivity contribution in [3.05, 3.63) is 23.7 Å². The number of nitrogens with one attached hydrogen (secondary N) is 2. The maximum Gasteiger partial charge on any atom is 0.287 e. The largest absolute Gasteiger partial charge is 0.456 e. The minimum absolute atomic E-state index is 0.113. The van der Waals surface area contributed by atoms with Gasteiger partial charge in [0.05, 0.1) is 5.54 Å². The minimum Gasteiger partial charge on any atom is -0.456 e. The maximum atomic E-state index is 11.6. The van der Waals surface area contributed by atoms with Crippen LogP contribution in [0.15, 0.2) is 16.5 Å². The fraction of sp³-hybridized carbons (Fsp3) is 0.500. The third-order valence-corrected chi connectivity index (χ3v) is 2.41. The molecule has 0 aromatic carbocycles. The van der Waals surface area contributed by atoms with E-state index in [2.05, 4.69) is 10.6 Å². The molecule has 1 saturated heterocycles. The Labute approximate surface area is 82.7 Å². The molecular formula is C10H14N2O2. The molecule has 2 heterocycles. The van der Waals surface area contributed by atoms with E-state index in [-0.39, 0.29) is 11.4 Å². The molecular weight excluding hydrogens is 180 g/mol. The van der Waals surface area contributed by atoms with Gasteiger partial charge in [-0.2, -0.15) is 0 Å². The van der Waals surface area contributed by atoms with Gasteiger partial charge in [0.15, 0.2) is 5.76 Å². The van der Waals surface area contributed by atoms with Gasteiger partial charge in [0.25, 0.3) is 5.91 Å². The number of amides is 1. The third-order valence-electron chi connectivity index (χ3n) is 2.41. The van der Waals surface area contributed by atoms with Gasteiger partial charge in [0, 0.05) is 13.1 Å². The molecule has 0 unspecified atom stereocenters. The van der Waals surface area contributed by atoms with Gasteiger partial charge >= 0.3 is 0 Å². The standard InChI is InChI=1S/C10H14N2O2/c1-7-3-4-8(14-7)9(13)12-10(2)5-11-6-10/h3-4,11H,5-6H2,1-2H3,(H,12,13). The van der Waals surface area contributed by atoms with Crippen LogP contribution >= 0.6 is 0 Å². The second-order valence-corrected chi connectivity index (χ2v) is 4.03. The Kier molecular flexibility index (Phi) is 2.07. The van der Waals surface area contributed by atoms with Gasteiger partial charge < -0.3 is 15.1 Å². The molecule has 0 saturated carbocycles. The van der Waals surface area contributed by atoms with Gasteiger partial charge in [-0.15, -0.1) is 0 Å². The summed E-state index contributed by atoms with van der Waals surface area (Å²) in [7, 11) is 0. The lowest BCUT2D eigenvalue weighted by molar-refractivity contribution is 0.0842. The predicted molar refractivity (Wildman–Crippen MR) is 52.2 cm³/mol. The predicted octanol–water partition coefficient (Wildman–Crippen LogP) is 0.680. The molecule has 1 aromatic rings. The number of carbonyl (C=O) groups excluding carboxylic acids is 1. The van der Waals surface area contributed by atoms with Crippen LogP contribution in [-0.2, 0) is 0 Å². The molecule has 0 aliphatic carbocycles. The first kappa shape index (κ1) is 9.27. The van der Waals surface area contributed by atoms with E-state index in [4.69, 9.17) is 4.42 Å². The Bertz CT molecular complexity index is 353. The van der Waals surface area contributed by atoms with Crippen molar-refractivity contribution in [3.63, 3.8) is 0 Å². The molecule has 4 nitrogen and oxygen atoms in total. The van der Waals surface area contributed by atoms with Crippen molar-refractivity contribution in [1.82, 2.24) is 10.6 Å². The van der Waals surface area contributed by atoms with Crippen LogP contribution in [-0.4, -0.2) is 24.5 Å². The second kappa shape index (κ2) is 3.13. The van der Waals surface area contributed by atoms with Crippen molar-refractivity contribution in [2.24, 2.45) is 0 Å². The Morgan fingerprint density at radius 3 is 2.71 bits per heavy atom. The number of hydrogen-bond acceptors (Lipinski definition) is 3. The van der Waals surface area contributed by atoms with Gasteiger partial charge in [-0.1, -0.05) is 0 Å². The number of hydrogen-bond donors (Lipinski definition) is 2. The van der Waals surface area contributed by atoms with Crippen LogP contribution in [0.4, 0.5) is 0 Å². The zero-order valence-electron chi connectivity index (χ0n) is 8.39. The third kappa shape index (κ3) is 1.65. The van der Waals surface area contributed by atoms with Crippen molar-refractivity contribution in [2.75, 3.05) is 13.1 Å². The first-order valence-corrected chi connectivity index (χ1v) is 4.69. The smallest absolute Gasteiger partial charge is 0.287 e. The monoisotopic (exact) mass is 194 g/mol. The molecule has 2 rings (SSSR count). The van der Waals surface area contributed by atoms with Gasteiger partial charge in [-0.3, -0.25) is 4.79 Å². The topological polar surface area (TPSA) is 54.3 Å². The van der Waals surface area contributed by atoms with Crippen molar-refractivity contribution in [3.8, 4) is 0 Å². The summed E-state index contributed by atoms with van der Waals surface area (Å²) < 4.78 is 5.23. The van der Waals surface area contributed by atoms with E-state index < -0.39 is 0 Å². The minimum atomic E-state index is -0.137. The summed E-state index contributed by atoms with van der Waals surface area (Å²) in [4.78, 5) is 11.6.